The molecular formula is C71H49N. The monoisotopic (exact) mass is 915 g/mol. The SMILES string of the molecule is c1ccc2c(c1)-c1ccc(-c3cc4c(cc3N(c3ccc5ccccc5c3)c3ccc5c6ccccc6c6ccccc6c5c3)C3(c5ccccc5-c5ccccc53)c3ccccc3-4)cc1C21CCCCC1. The zero-order chi connectivity index (χ0) is 47.1. The number of hydrogen-bond acceptors (Lipinski definition) is 1. The second-order valence-corrected chi connectivity index (χ2v) is 20.9. The molecule has 0 aliphatic heterocycles. The molecule has 4 aliphatic carbocycles. The molecule has 0 atom stereocenters. The fraction of sp³-hybridized carbons (Fsp3) is 0.0986. The lowest BCUT2D eigenvalue weighted by molar-refractivity contribution is 0.353. The molecule has 0 amide bonds. The van der Waals surface area contributed by atoms with Gasteiger partial charge in [-0.25, -0.2) is 0 Å². The summed E-state index contributed by atoms with van der Waals surface area (Å²) in [6, 6.07) is 90.8. The fourth-order valence-electron chi connectivity index (χ4n) is 14.6. The molecule has 16 rings (SSSR count). The van der Waals surface area contributed by atoms with E-state index in [9.17, 15) is 0 Å². The first-order valence-electron chi connectivity index (χ1n) is 26.0. The Balaban J connectivity index is 1.04. The van der Waals surface area contributed by atoms with Gasteiger partial charge in [0.15, 0.2) is 0 Å². The number of hydrogen-bond donors (Lipinski definition) is 0. The molecule has 12 aromatic carbocycles. The topological polar surface area (TPSA) is 3.24 Å². The van der Waals surface area contributed by atoms with Gasteiger partial charge in [0.1, 0.15) is 0 Å². The Bertz CT molecular complexity index is 4200. The molecule has 4 aliphatic rings. The molecule has 1 fully saturated rings. The van der Waals surface area contributed by atoms with Crippen LogP contribution in [0.4, 0.5) is 17.1 Å². The molecule has 1 heteroatoms. The van der Waals surface area contributed by atoms with Crippen LogP contribution >= 0.6 is 0 Å². The van der Waals surface area contributed by atoms with Crippen molar-refractivity contribution in [2.24, 2.45) is 0 Å². The highest BCUT2D eigenvalue weighted by Crippen LogP contribution is 2.65. The predicted molar refractivity (Wildman–Crippen MR) is 302 cm³/mol. The number of anilines is 3. The van der Waals surface area contributed by atoms with Gasteiger partial charge < -0.3 is 4.90 Å². The van der Waals surface area contributed by atoms with Gasteiger partial charge in [0.25, 0.3) is 0 Å². The van der Waals surface area contributed by atoms with Crippen LogP contribution in [0.1, 0.15) is 65.5 Å². The van der Waals surface area contributed by atoms with Crippen LogP contribution in [0.5, 0.6) is 0 Å². The van der Waals surface area contributed by atoms with Crippen molar-refractivity contribution in [1.82, 2.24) is 0 Å². The van der Waals surface area contributed by atoms with Crippen LogP contribution in [-0.2, 0) is 10.8 Å². The highest BCUT2D eigenvalue weighted by atomic mass is 15.1. The Morgan fingerprint density at radius 3 is 1.42 bits per heavy atom. The molecular weight excluding hydrogens is 867 g/mol. The highest BCUT2D eigenvalue weighted by molar-refractivity contribution is 6.26. The van der Waals surface area contributed by atoms with E-state index in [0.29, 0.717) is 0 Å². The van der Waals surface area contributed by atoms with Crippen molar-refractivity contribution in [2.45, 2.75) is 42.9 Å². The highest BCUT2D eigenvalue weighted by Gasteiger charge is 2.52. The van der Waals surface area contributed by atoms with E-state index in [0.717, 1.165) is 11.4 Å². The van der Waals surface area contributed by atoms with E-state index in [1.165, 1.54) is 159 Å². The van der Waals surface area contributed by atoms with Gasteiger partial charge in [-0.3, -0.25) is 0 Å². The molecule has 0 unspecified atom stereocenters. The van der Waals surface area contributed by atoms with Gasteiger partial charge >= 0.3 is 0 Å². The Morgan fingerprint density at radius 1 is 0.278 bits per heavy atom. The molecule has 0 aromatic heterocycles. The van der Waals surface area contributed by atoms with Crippen LogP contribution in [0.3, 0.4) is 0 Å². The molecule has 1 nitrogen and oxygen atoms in total. The van der Waals surface area contributed by atoms with E-state index < -0.39 is 5.41 Å². The van der Waals surface area contributed by atoms with Crippen molar-refractivity contribution in [3.63, 3.8) is 0 Å². The molecule has 1 saturated carbocycles. The first-order valence-corrected chi connectivity index (χ1v) is 26.0. The molecule has 0 bridgehead atoms. The predicted octanol–water partition coefficient (Wildman–Crippen LogP) is 19.0. The number of fused-ring (bicyclic) bond motifs is 22. The smallest absolute Gasteiger partial charge is 0.0726 e. The summed E-state index contributed by atoms with van der Waals surface area (Å²) in [7, 11) is 0. The summed E-state index contributed by atoms with van der Waals surface area (Å²) in [5.41, 5.74) is 21.9. The van der Waals surface area contributed by atoms with Crippen molar-refractivity contribution < 1.29 is 0 Å². The van der Waals surface area contributed by atoms with E-state index >= 15 is 0 Å². The second kappa shape index (κ2) is 15.0. The summed E-state index contributed by atoms with van der Waals surface area (Å²) < 4.78 is 0. The molecule has 12 aromatic rings. The van der Waals surface area contributed by atoms with E-state index in [4.69, 9.17) is 0 Å². The van der Waals surface area contributed by atoms with E-state index in [1.54, 1.807) is 0 Å². The van der Waals surface area contributed by atoms with Gasteiger partial charge in [-0.2, -0.15) is 0 Å². The number of nitrogens with zero attached hydrogens (tertiary/aromatic N) is 1. The van der Waals surface area contributed by atoms with Gasteiger partial charge in [0.2, 0.25) is 0 Å². The zero-order valence-corrected chi connectivity index (χ0v) is 40.0. The molecule has 0 radical (unpaired) electrons. The molecule has 338 valence electrons. The van der Waals surface area contributed by atoms with Crippen LogP contribution in [-0.4, -0.2) is 0 Å². The van der Waals surface area contributed by atoms with Gasteiger partial charge in [-0.15, -0.1) is 0 Å². The van der Waals surface area contributed by atoms with Crippen LogP contribution in [0.25, 0.3) is 87.6 Å². The van der Waals surface area contributed by atoms with E-state index in [1.807, 2.05) is 0 Å². The zero-order valence-electron chi connectivity index (χ0n) is 40.0. The quantitative estimate of drug-likeness (QED) is 0.159. The maximum absolute atomic E-state index is 2.63. The van der Waals surface area contributed by atoms with Crippen molar-refractivity contribution in [3.05, 3.63) is 270 Å². The Morgan fingerprint density at radius 2 is 0.764 bits per heavy atom. The molecule has 2 spiro atoms. The standard InChI is InChI=1S/C71H49N/c1-16-38-70(39-17-1)63-28-12-8-24-55(63)59-36-33-47(41-67(59)70)60-43-62-58-27-11-15-31-66(58)71(64-29-13-9-25-56(64)57-26-10-14-30-65(57)71)68(62)44-69(60)72(48-34-32-45-18-2-3-19-46(45)40-48)49-35-37-54-52-22-5-4-20-50(52)51-21-6-7-23-53(51)61(54)42-49/h2-15,18-37,40-44H,1,16-17,38-39H2. The van der Waals surface area contributed by atoms with E-state index in [2.05, 4.69) is 241 Å². The fourth-order valence-corrected chi connectivity index (χ4v) is 14.6. The van der Waals surface area contributed by atoms with Crippen molar-refractivity contribution >= 4 is 60.2 Å². The normalized spacial score (nSPS) is 15.2. The first kappa shape index (κ1) is 40.2. The summed E-state index contributed by atoms with van der Waals surface area (Å²) in [5.74, 6) is 0. The summed E-state index contributed by atoms with van der Waals surface area (Å²) >= 11 is 0. The molecule has 0 N–H and O–H groups in total. The van der Waals surface area contributed by atoms with Crippen LogP contribution in [0.15, 0.2) is 237 Å². The third-order valence-corrected chi connectivity index (χ3v) is 17.6. The number of benzene rings is 12. The average molecular weight is 916 g/mol. The minimum atomic E-state index is -0.508. The summed E-state index contributed by atoms with van der Waals surface area (Å²) in [4.78, 5) is 2.60. The average Bonchev–Trinajstić information content (AvgIpc) is 4.02. The van der Waals surface area contributed by atoms with Crippen molar-refractivity contribution in [3.8, 4) is 44.5 Å². The van der Waals surface area contributed by atoms with Gasteiger partial charge in [-0.1, -0.05) is 213 Å². The van der Waals surface area contributed by atoms with Crippen molar-refractivity contribution in [2.75, 3.05) is 4.90 Å². The lowest BCUT2D eigenvalue weighted by atomic mass is 9.67. The van der Waals surface area contributed by atoms with Gasteiger partial charge in [0, 0.05) is 22.4 Å². The second-order valence-electron chi connectivity index (χ2n) is 20.9. The van der Waals surface area contributed by atoms with Crippen LogP contribution < -0.4 is 4.90 Å². The van der Waals surface area contributed by atoms with Crippen LogP contribution in [0.2, 0.25) is 0 Å². The summed E-state index contributed by atoms with van der Waals surface area (Å²) in [5, 5.41) is 10.1. The minimum absolute atomic E-state index is 0.0191. The largest absolute Gasteiger partial charge is 0.310 e. The third-order valence-electron chi connectivity index (χ3n) is 17.6. The third kappa shape index (κ3) is 5.33. The van der Waals surface area contributed by atoms with E-state index in [-0.39, 0.29) is 5.41 Å². The molecule has 0 saturated heterocycles. The van der Waals surface area contributed by atoms with Gasteiger partial charge in [-0.05, 0) is 171 Å². The maximum atomic E-state index is 2.63. The molecule has 0 heterocycles. The summed E-state index contributed by atoms with van der Waals surface area (Å²) in [6.07, 6.45) is 6.19. The van der Waals surface area contributed by atoms with Crippen LogP contribution in [0, 0.1) is 0 Å². The summed E-state index contributed by atoms with van der Waals surface area (Å²) in [6.45, 7) is 0. The lowest BCUT2D eigenvalue weighted by Gasteiger charge is -2.36. The maximum Gasteiger partial charge on any atom is 0.0726 e. The lowest BCUT2D eigenvalue weighted by Crippen LogP contribution is -2.28. The first-order chi connectivity index (χ1) is 35.7. The Hall–Kier alpha value is -8.52. The van der Waals surface area contributed by atoms with Gasteiger partial charge in [0.05, 0.1) is 11.1 Å². The Labute approximate surface area is 420 Å². The number of rotatable bonds is 4. The molecule has 72 heavy (non-hydrogen) atoms. The Kier molecular flexibility index (Phi) is 8.38. The minimum Gasteiger partial charge on any atom is -0.310 e. The van der Waals surface area contributed by atoms with Crippen molar-refractivity contribution in [1.29, 1.82) is 0 Å².